The van der Waals surface area contributed by atoms with Gasteiger partial charge in [-0.2, -0.15) is 9.97 Å². The Balaban J connectivity index is 1.01. The van der Waals surface area contributed by atoms with Gasteiger partial charge in [-0.15, -0.1) is 0 Å². The van der Waals surface area contributed by atoms with Crippen LogP contribution in [-0.2, 0) is 0 Å². The predicted molar refractivity (Wildman–Crippen MR) is 275 cm³/mol. The summed E-state index contributed by atoms with van der Waals surface area (Å²) >= 11 is 0. The first kappa shape index (κ1) is 39.0. The van der Waals surface area contributed by atoms with E-state index in [4.69, 9.17) is 29.9 Å². The van der Waals surface area contributed by atoms with Crippen LogP contribution in [0.15, 0.2) is 231 Å². The number of benzene rings is 9. The molecule has 0 saturated heterocycles. The summed E-state index contributed by atoms with van der Waals surface area (Å²) in [5.74, 6) is 3.59. The summed E-state index contributed by atoms with van der Waals surface area (Å²) in [4.78, 5) is 30.8. The van der Waals surface area contributed by atoms with Gasteiger partial charge in [0.1, 0.15) is 0 Å². The second-order valence-corrected chi connectivity index (χ2v) is 16.8. The van der Waals surface area contributed by atoms with Crippen molar-refractivity contribution in [2.75, 3.05) is 0 Å². The molecule has 0 N–H and O–H groups in total. The molecule has 4 heterocycles. The van der Waals surface area contributed by atoms with Gasteiger partial charge in [0.15, 0.2) is 29.1 Å². The van der Waals surface area contributed by atoms with Gasteiger partial charge in [0.05, 0.1) is 22.1 Å². The van der Waals surface area contributed by atoms with Crippen molar-refractivity contribution in [1.29, 1.82) is 0 Å². The lowest BCUT2D eigenvalue weighted by molar-refractivity contribution is 0.954. The van der Waals surface area contributed by atoms with Crippen LogP contribution in [0, 0.1) is 0 Å². The third kappa shape index (κ3) is 6.78. The molecule has 0 aliphatic rings. The number of fused-ring (bicyclic) bond motifs is 6. The van der Waals surface area contributed by atoms with Gasteiger partial charge in [0.2, 0.25) is 5.95 Å². The van der Waals surface area contributed by atoms with Crippen LogP contribution < -0.4 is 0 Å². The van der Waals surface area contributed by atoms with Crippen LogP contribution in [0.1, 0.15) is 0 Å². The molecule has 9 aromatic carbocycles. The van der Waals surface area contributed by atoms with Crippen LogP contribution in [0.4, 0.5) is 0 Å². The Morgan fingerprint density at radius 1 is 0.221 bits per heavy atom. The third-order valence-electron chi connectivity index (χ3n) is 12.6. The van der Waals surface area contributed by atoms with Crippen LogP contribution in [0.5, 0.6) is 0 Å². The van der Waals surface area contributed by atoms with Crippen molar-refractivity contribution in [2.45, 2.75) is 0 Å². The average Bonchev–Trinajstić information content (AvgIpc) is 3.93. The highest BCUT2D eigenvalue weighted by molar-refractivity contribution is 6.19. The number of para-hydroxylation sites is 2. The Labute approximate surface area is 391 Å². The molecule has 0 aliphatic carbocycles. The molecule has 13 aromatic rings. The van der Waals surface area contributed by atoms with Crippen molar-refractivity contribution in [3.8, 4) is 79.7 Å². The predicted octanol–water partition coefficient (Wildman–Crippen LogP) is 14.3. The van der Waals surface area contributed by atoms with Crippen molar-refractivity contribution >= 4 is 43.6 Å². The Morgan fingerprint density at radius 2 is 0.588 bits per heavy atom. The normalized spacial score (nSPS) is 11.5. The SMILES string of the molecule is c1ccc(-c2cccc(-c3nc(-c4ccccc4)nc(-n4c5ccccc5c5cc6c(cc54)c4ccccc4n6-c4cccc(-c5nc(-c6ccccc6)nc(-c6ccccc6)n5)c4)n3)c2)cc1. The second kappa shape index (κ2) is 16.2. The van der Waals surface area contributed by atoms with Crippen LogP contribution in [0.3, 0.4) is 0 Å². The van der Waals surface area contributed by atoms with E-state index in [1.807, 2.05) is 97.1 Å². The molecule has 0 bridgehead atoms. The summed E-state index contributed by atoms with van der Waals surface area (Å²) in [6.07, 6.45) is 0. The Morgan fingerprint density at radius 3 is 1.13 bits per heavy atom. The monoisotopic (exact) mass is 870 g/mol. The van der Waals surface area contributed by atoms with E-state index in [-0.39, 0.29) is 0 Å². The van der Waals surface area contributed by atoms with Crippen molar-refractivity contribution in [3.63, 3.8) is 0 Å². The molecule has 0 aliphatic heterocycles. The van der Waals surface area contributed by atoms with Crippen molar-refractivity contribution in [2.24, 2.45) is 0 Å². The number of rotatable bonds is 8. The van der Waals surface area contributed by atoms with Gasteiger partial charge in [0, 0.05) is 55.0 Å². The minimum Gasteiger partial charge on any atom is -0.309 e. The van der Waals surface area contributed by atoms with Crippen LogP contribution in [0.2, 0.25) is 0 Å². The molecule has 0 radical (unpaired) electrons. The topological polar surface area (TPSA) is 87.2 Å². The van der Waals surface area contributed by atoms with Crippen LogP contribution in [0.25, 0.3) is 123 Å². The smallest absolute Gasteiger partial charge is 0.238 e. The number of nitrogens with zero attached hydrogens (tertiary/aromatic N) is 8. The first-order valence-electron chi connectivity index (χ1n) is 22.6. The highest BCUT2D eigenvalue weighted by Gasteiger charge is 2.22. The molecular weight excluding hydrogens is 833 g/mol. The molecule has 0 atom stereocenters. The van der Waals surface area contributed by atoms with Gasteiger partial charge >= 0.3 is 0 Å². The number of hydrogen-bond donors (Lipinski definition) is 0. The van der Waals surface area contributed by atoms with E-state index in [1.54, 1.807) is 0 Å². The molecule has 0 saturated carbocycles. The molecular formula is C60H38N8. The van der Waals surface area contributed by atoms with Gasteiger partial charge in [-0.05, 0) is 53.6 Å². The maximum Gasteiger partial charge on any atom is 0.238 e. The first-order chi connectivity index (χ1) is 33.7. The fraction of sp³-hybridized carbons (Fsp3) is 0. The Kier molecular flexibility index (Phi) is 9.31. The summed E-state index contributed by atoms with van der Waals surface area (Å²) in [7, 11) is 0. The zero-order valence-corrected chi connectivity index (χ0v) is 36.5. The molecule has 0 spiro atoms. The minimum atomic E-state index is 0.544. The Hall–Kier alpha value is -9.40. The standard InChI is InChI=1S/C60H38N8/c1-5-19-39(20-6-1)43-27-17-28-44(35-43)59-64-57(42-25-11-4-12-26-42)65-60(66-59)68-52-34-16-14-32-48(52)50-37-53-49(38-54(50)68)47-31-13-15-33-51(47)67(53)46-30-18-29-45(36-46)58-62-55(40-21-7-2-8-22-40)61-56(63-58)41-23-9-3-10-24-41/h1-38H. The summed E-state index contributed by atoms with van der Waals surface area (Å²) in [6, 6.07) is 79.4. The summed E-state index contributed by atoms with van der Waals surface area (Å²) in [5.41, 5.74) is 11.9. The van der Waals surface area contributed by atoms with Gasteiger partial charge in [-0.1, -0.05) is 188 Å². The fourth-order valence-electron chi connectivity index (χ4n) is 9.42. The van der Waals surface area contributed by atoms with Gasteiger partial charge < -0.3 is 4.57 Å². The van der Waals surface area contributed by atoms with Crippen LogP contribution in [-0.4, -0.2) is 39.0 Å². The number of aromatic nitrogens is 8. The zero-order chi connectivity index (χ0) is 45.0. The quantitative estimate of drug-likeness (QED) is 0.151. The summed E-state index contributed by atoms with van der Waals surface area (Å²) in [5, 5.41) is 4.41. The average molecular weight is 871 g/mol. The molecule has 13 rings (SSSR count). The molecule has 68 heavy (non-hydrogen) atoms. The fourth-order valence-corrected chi connectivity index (χ4v) is 9.42. The lowest BCUT2D eigenvalue weighted by Gasteiger charge is -2.12. The molecule has 8 heteroatoms. The molecule has 0 unspecified atom stereocenters. The van der Waals surface area contributed by atoms with E-state index >= 15 is 0 Å². The molecule has 0 fully saturated rings. The second-order valence-electron chi connectivity index (χ2n) is 16.8. The molecule has 4 aromatic heterocycles. The molecule has 318 valence electrons. The Bertz CT molecular complexity index is 3960. The van der Waals surface area contributed by atoms with E-state index in [1.165, 1.54) is 0 Å². The highest BCUT2D eigenvalue weighted by Crippen LogP contribution is 2.40. The lowest BCUT2D eigenvalue weighted by atomic mass is 10.0. The largest absolute Gasteiger partial charge is 0.309 e. The number of hydrogen-bond acceptors (Lipinski definition) is 6. The maximum atomic E-state index is 5.31. The van der Waals surface area contributed by atoms with Gasteiger partial charge in [0.25, 0.3) is 0 Å². The first-order valence-corrected chi connectivity index (χ1v) is 22.6. The minimum absolute atomic E-state index is 0.544. The third-order valence-corrected chi connectivity index (χ3v) is 12.6. The van der Waals surface area contributed by atoms with Crippen molar-refractivity contribution < 1.29 is 0 Å². The lowest BCUT2D eigenvalue weighted by Crippen LogP contribution is -2.06. The highest BCUT2D eigenvalue weighted by atomic mass is 15.2. The van der Waals surface area contributed by atoms with E-state index in [9.17, 15) is 0 Å². The van der Waals surface area contributed by atoms with Gasteiger partial charge in [-0.3, -0.25) is 4.57 Å². The molecule has 0 amide bonds. The van der Waals surface area contributed by atoms with Crippen molar-refractivity contribution in [1.82, 2.24) is 39.0 Å². The van der Waals surface area contributed by atoms with Crippen molar-refractivity contribution in [3.05, 3.63) is 231 Å². The zero-order valence-electron chi connectivity index (χ0n) is 36.5. The van der Waals surface area contributed by atoms with E-state index in [0.29, 0.717) is 35.1 Å². The van der Waals surface area contributed by atoms with E-state index in [0.717, 1.165) is 88.2 Å². The summed E-state index contributed by atoms with van der Waals surface area (Å²) in [6.45, 7) is 0. The van der Waals surface area contributed by atoms with E-state index in [2.05, 4.69) is 143 Å². The van der Waals surface area contributed by atoms with Gasteiger partial charge in [-0.25, -0.2) is 19.9 Å². The van der Waals surface area contributed by atoms with Crippen LogP contribution >= 0.6 is 0 Å². The maximum absolute atomic E-state index is 5.31. The molecule has 8 nitrogen and oxygen atoms in total. The summed E-state index contributed by atoms with van der Waals surface area (Å²) < 4.78 is 4.55. The van der Waals surface area contributed by atoms with E-state index < -0.39 is 0 Å².